The van der Waals surface area contributed by atoms with Gasteiger partial charge in [-0.05, 0) is 35.9 Å². The Hall–Kier alpha value is -1.67. The Bertz CT molecular complexity index is 1200. The van der Waals surface area contributed by atoms with Gasteiger partial charge in [-0.2, -0.15) is 8.42 Å². The molecule has 0 aliphatic rings. The van der Waals surface area contributed by atoms with E-state index in [1.807, 2.05) is 0 Å². The first-order valence-electron chi connectivity index (χ1n) is 7.89. The SMILES string of the molecule is O=S(=O)(O)C(c1ccc(O)cc1)(c1cccc(Cl)c1O)c1cc(Cl)cc(Cl)c1Cl. The summed E-state index contributed by atoms with van der Waals surface area (Å²) in [7, 11) is -5.10. The van der Waals surface area contributed by atoms with Crippen LogP contribution in [0.4, 0.5) is 0 Å². The van der Waals surface area contributed by atoms with Gasteiger partial charge in [0.2, 0.25) is 0 Å². The maximum absolute atomic E-state index is 13.0. The van der Waals surface area contributed by atoms with Crippen LogP contribution in [-0.4, -0.2) is 23.2 Å². The molecule has 0 aliphatic heterocycles. The van der Waals surface area contributed by atoms with E-state index >= 15 is 0 Å². The minimum absolute atomic E-state index is 0.0442. The van der Waals surface area contributed by atoms with Gasteiger partial charge in [0.1, 0.15) is 11.5 Å². The summed E-state index contributed by atoms with van der Waals surface area (Å²) >= 11 is 24.6. The number of benzene rings is 3. The zero-order valence-corrected chi connectivity index (χ0v) is 18.1. The standard InChI is InChI=1S/C19H12Cl4O5S/c20-11-8-14(17(23)16(22)9-11)19(29(26,27)28,10-4-6-12(24)7-5-10)13-2-1-3-15(21)18(13)25/h1-9,24-25H,(H,26,27,28). The van der Waals surface area contributed by atoms with Gasteiger partial charge in [0, 0.05) is 16.1 Å². The van der Waals surface area contributed by atoms with Gasteiger partial charge in [0.15, 0.2) is 4.75 Å². The Morgan fingerprint density at radius 2 is 1.41 bits per heavy atom. The van der Waals surface area contributed by atoms with Crippen molar-refractivity contribution in [3.05, 3.63) is 91.4 Å². The number of para-hydroxylation sites is 1. The Morgan fingerprint density at radius 1 is 0.793 bits per heavy atom. The van der Waals surface area contributed by atoms with E-state index in [1.54, 1.807) is 0 Å². The molecule has 0 spiro atoms. The van der Waals surface area contributed by atoms with Crippen LogP contribution in [0.25, 0.3) is 0 Å². The molecule has 0 bridgehead atoms. The largest absolute Gasteiger partial charge is 0.508 e. The predicted octanol–water partition coefficient (Wildman–Crippen LogP) is 5.89. The van der Waals surface area contributed by atoms with E-state index < -0.39 is 20.6 Å². The summed E-state index contributed by atoms with van der Waals surface area (Å²) in [6.45, 7) is 0. The van der Waals surface area contributed by atoms with E-state index in [0.29, 0.717) is 0 Å². The molecule has 152 valence electrons. The zero-order valence-electron chi connectivity index (χ0n) is 14.3. The fourth-order valence-corrected chi connectivity index (χ4v) is 5.48. The third-order valence-corrected chi connectivity index (χ3v) is 7.17. The maximum atomic E-state index is 13.0. The summed E-state index contributed by atoms with van der Waals surface area (Å²) in [5.74, 6) is -0.740. The Morgan fingerprint density at radius 3 is 2.00 bits per heavy atom. The molecule has 0 fully saturated rings. The molecule has 1 unspecified atom stereocenters. The second-order valence-electron chi connectivity index (χ2n) is 6.09. The highest BCUT2D eigenvalue weighted by atomic mass is 35.5. The minimum atomic E-state index is -5.10. The van der Waals surface area contributed by atoms with Crippen LogP contribution in [0.5, 0.6) is 11.5 Å². The molecule has 29 heavy (non-hydrogen) atoms. The lowest BCUT2D eigenvalue weighted by molar-refractivity contribution is 0.440. The number of aromatic hydroxyl groups is 2. The Kier molecular flexibility index (Phi) is 5.98. The molecule has 0 saturated carbocycles. The highest BCUT2D eigenvalue weighted by Gasteiger charge is 2.51. The molecular weight excluding hydrogens is 482 g/mol. The van der Waals surface area contributed by atoms with Crippen LogP contribution in [0, 0.1) is 0 Å². The minimum Gasteiger partial charge on any atom is -0.508 e. The maximum Gasteiger partial charge on any atom is 0.283 e. The fourth-order valence-electron chi connectivity index (χ4n) is 3.19. The molecule has 0 radical (unpaired) electrons. The number of hydrogen-bond donors (Lipinski definition) is 3. The number of phenolic OH excluding ortho intramolecular Hbond substituents is 2. The van der Waals surface area contributed by atoms with Crippen molar-refractivity contribution >= 4 is 56.5 Å². The number of phenols is 2. The van der Waals surface area contributed by atoms with Crippen molar-refractivity contribution in [3.8, 4) is 11.5 Å². The molecule has 3 N–H and O–H groups in total. The van der Waals surface area contributed by atoms with Gasteiger partial charge in [-0.3, -0.25) is 4.55 Å². The van der Waals surface area contributed by atoms with Crippen molar-refractivity contribution in [1.29, 1.82) is 0 Å². The summed E-state index contributed by atoms with van der Waals surface area (Å²) in [6.07, 6.45) is 0. The summed E-state index contributed by atoms with van der Waals surface area (Å²) < 4.78 is 34.0. The molecule has 3 rings (SSSR count). The smallest absolute Gasteiger partial charge is 0.283 e. The lowest BCUT2D eigenvalue weighted by atomic mass is 9.83. The lowest BCUT2D eigenvalue weighted by Crippen LogP contribution is -2.38. The van der Waals surface area contributed by atoms with Crippen LogP contribution < -0.4 is 0 Å². The van der Waals surface area contributed by atoms with Gasteiger partial charge in [-0.25, -0.2) is 0 Å². The van der Waals surface area contributed by atoms with Gasteiger partial charge in [-0.1, -0.05) is 70.7 Å². The van der Waals surface area contributed by atoms with Crippen molar-refractivity contribution in [2.45, 2.75) is 4.75 Å². The average molecular weight is 494 g/mol. The normalized spacial score (nSPS) is 13.8. The van der Waals surface area contributed by atoms with Crippen molar-refractivity contribution in [2.24, 2.45) is 0 Å². The first-order valence-corrected chi connectivity index (χ1v) is 10.8. The van der Waals surface area contributed by atoms with Gasteiger partial charge in [0.05, 0.1) is 15.1 Å². The molecule has 1 atom stereocenters. The quantitative estimate of drug-likeness (QED) is 0.239. The highest BCUT2D eigenvalue weighted by Crippen LogP contribution is 2.52. The van der Waals surface area contributed by atoms with Crippen LogP contribution in [0.2, 0.25) is 20.1 Å². The first kappa shape index (κ1) is 22.0. The van der Waals surface area contributed by atoms with Crippen LogP contribution in [0.3, 0.4) is 0 Å². The van der Waals surface area contributed by atoms with Crippen LogP contribution in [0.1, 0.15) is 16.7 Å². The molecule has 3 aromatic rings. The summed E-state index contributed by atoms with van der Waals surface area (Å²) in [5, 5.41) is 19.9. The molecule has 3 aromatic carbocycles. The van der Waals surface area contributed by atoms with E-state index in [9.17, 15) is 23.2 Å². The van der Waals surface area contributed by atoms with E-state index in [0.717, 1.165) is 0 Å². The topological polar surface area (TPSA) is 94.8 Å². The zero-order chi connectivity index (χ0) is 21.6. The van der Waals surface area contributed by atoms with E-state index in [2.05, 4.69) is 0 Å². The van der Waals surface area contributed by atoms with Crippen LogP contribution in [-0.2, 0) is 14.9 Å². The van der Waals surface area contributed by atoms with Crippen molar-refractivity contribution < 1.29 is 23.2 Å². The van der Waals surface area contributed by atoms with Crippen LogP contribution in [0.15, 0.2) is 54.6 Å². The molecule has 0 heterocycles. The third kappa shape index (κ3) is 3.65. The van der Waals surface area contributed by atoms with Gasteiger partial charge < -0.3 is 10.2 Å². The number of hydrogen-bond acceptors (Lipinski definition) is 4. The molecule has 0 saturated heterocycles. The van der Waals surface area contributed by atoms with Gasteiger partial charge in [-0.15, -0.1) is 0 Å². The Labute approximate surface area is 186 Å². The second kappa shape index (κ2) is 7.87. The number of halogens is 4. The molecule has 0 aliphatic carbocycles. The summed E-state index contributed by atoms with van der Waals surface area (Å²) in [6, 6.07) is 11.5. The lowest BCUT2D eigenvalue weighted by Gasteiger charge is -2.34. The van der Waals surface area contributed by atoms with Crippen molar-refractivity contribution in [1.82, 2.24) is 0 Å². The first-order chi connectivity index (χ1) is 13.5. The monoisotopic (exact) mass is 492 g/mol. The second-order valence-corrected chi connectivity index (χ2v) is 9.28. The highest BCUT2D eigenvalue weighted by molar-refractivity contribution is 7.87. The van der Waals surface area contributed by atoms with Crippen LogP contribution >= 0.6 is 46.4 Å². The summed E-state index contributed by atoms with van der Waals surface area (Å²) in [5.41, 5.74) is -0.531. The van der Waals surface area contributed by atoms with E-state index in [4.69, 9.17) is 46.4 Å². The third-order valence-electron chi connectivity index (χ3n) is 4.40. The average Bonchev–Trinajstić information content (AvgIpc) is 2.63. The predicted molar refractivity (Wildman–Crippen MR) is 114 cm³/mol. The molecule has 5 nitrogen and oxygen atoms in total. The van der Waals surface area contributed by atoms with Gasteiger partial charge >= 0.3 is 0 Å². The molecule has 0 amide bonds. The number of rotatable bonds is 4. The summed E-state index contributed by atoms with van der Waals surface area (Å²) in [4.78, 5) is 0. The van der Waals surface area contributed by atoms with E-state index in [1.165, 1.54) is 54.6 Å². The van der Waals surface area contributed by atoms with Crippen molar-refractivity contribution in [3.63, 3.8) is 0 Å². The molecule has 10 heteroatoms. The molecule has 0 aromatic heterocycles. The Balaban J connectivity index is 2.63. The molecular formula is C19H12Cl4O5S. The fraction of sp³-hybridized carbons (Fsp3) is 0.0526. The van der Waals surface area contributed by atoms with E-state index in [-0.39, 0.29) is 42.5 Å². The van der Waals surface area contributed by atoms with Crippen molar-refractivity contribution in [2.75, 3.05) is 0 Å². The van der Waals surface area contributed by atoms with Gasteiger partial charge in [0.25, 0.3) is 10.1 Å².